The van der Waals surface area contributed by atoms with E-state index in [4.69, 9.17) is 5.41 Å². The van der Waals surface area contributed by atoms with Crippen LogP contribution in [0.15, 0.2) is 54.6 Å². The van der Waals surface area contributed by atoms with E-state index in [9.17, 15) is 9.18 Å². The summed E-state index contributed by atoms with van der Waals surface area (Å²) in [5, 5.41) is 8.22. The quantitative estimate of drug-likeness (QED) is 0.910. The van der Waals surface area contributed by atoms with Crippen molar-refractivity contribution in [2.24, 2.45) is 0 Å². The van der Waals surface area contributed by atoms with Crippen LogP contribution in [0.5, 0.6) is 0 Å². The van der Waals surface area contributed by atoms with Crippen molar-refractivity contribution in [2.75, 3.05) is 11.4 Å². The number of carbonyl (C=O) groups excluding carboxylic acids is 1. The second-order valence-electron chi connectivity index (χ2n) is 4.76. The second kappa shape index (κ2) is 4.89. The number of anilines is 1. The summed E-state index contributed by atoms with van der Waals surface area (Å²) in [5.74, 6) is -0.761. The number of amidine groups is 1. The van der Waals surface area contributed by atoms with E-state index in [1.807, 2.05) is 30.3 Å². The molecule has 4 heteroatoms. The summed E-state index contributed by atoms with van der Waals surface area (Å²) in [6.07, 6.45) is 0. The molecule has 1 aliphatic heterocycles. The molecule has 20 heavy (non-hydrogen) atoms. The van der Waals surface area contributed by atoms with E-state index in [1.54, 1.807) is 17.0 Å². The van der Waals surface area contributed by atoms with Crippen molar-refractivity contribution in [3.05, 3.63) is 66.0 Å². The molecule has 0 radical (unpaired) electrons. The average molecular weight is 268 g/mol. The summed E-state index contributed by atoms with van der Waals surface area (Å²) in [5.41, 5.74) is 1.35. The molecule has 1 N–H and O–H groups in total. The average Bonchev–Trinajstić information content (AvgIpc) is 2.75. The van der Waals surface area contributed by atoms with Gasteiger partial charge in [-0.15, -0.1) is 0 Å². The Labute approximate surface area is 116 Å². The minimum Gasteiger partial charge on any atom is -0.322 e. The zero-order valence-corrected chi connectivity index (χ0v) is 10.7. The molecule has 1 aliphatic rings. The minimum atomic E-state index is -0.556. The Hall–Kier alpha value is -2.49. The fourth-order valence-electron chi connectivity index (χ4n) is 2.50. The van der Waals surface area contributed by atoms with Crippen LogP contribution in [-0.2, 0) is 4.79 Å². The number of nitrogens with zero attached hydrogens (tertiary/aromatic N) is 1. The molecule has 0 spiro atoms. The highest BCUT2D eigenvalue weighted by Gasteiger charge is 2.37. The van der Waals surface area contributed by atoms with Crippen molar-refractivity contribution in [3.8, 4) is 0 Å². The van der Waals surface area contributed by atoms with Gasteiger partial charge in [-0.1, -0.05) is 36.4 Å². The van der Waals surface area contributed by atoms with E-state index in [0.29, 0.717) is 5.69 Å². The van der Waals surface area contributed by atoms with Gasteiger partial charge in [-0.2, -0.15) is 0 Å². The standard InChI is InChI=1S/C16H13FN2O/c17-12-7-4-8-13(9-12)19-10-14(20)15(16(19)18)11-5-2-1-3-6-11/h1-9,15,18H,10H2. The number of hydrogen-bond acceptors (Lipinski definition) is 2. The molecule has 2 aromatic carbocycles. The first kappa shape index (κ1) is 12.5. The van der Waals surface area contributed by atoms with Crippen LogP contribution in [0.1, 0.15) is 11.5 Å². The molecule has 0 bridgehead atoms. The van der Waals surface area contributed by atoms with Crippen LogP contribution in [0.25, 0.3) is 0 Å². The van der Waals surface area contributed by atoms with Gasteiger partial charge in [0.15, 0.2) is 5.78 Å². The molecule has 1 atom stereocenters. The summed E-state index contributed by atoms with van der Waals surface area (Å²) in [6.45, 7) is 0.113. The normalized spacial score (nSPS) is 18.6. The Morgan fingerprint density at radius 2 is 1.85 bits per heavy atom. The highest BCUT2D eigenvalue weighted by atomic mass is 19.1. The van der Waals surface area contributed by atoms with Crippen LogP contribution in [0.3, 0.4) is 0 Å². The zero-order chi connectivity index (χ0) is 14.1. The summed E-state index contributed by atoms with van der Waals surface area (Å²) in [7, 11) is 0. The first-order valence-electron chi connectivity index (χ1n) is 6.36. The molecule has 3 nitrogen and oxygen atoms in total. The van der Waals surface area contributed by atoms with Crippen LogP contribution in [0.4, 0.5) is 10.1 Å². The van der Waals surface area contributed by atoms with Crippen LogP contribution < -0.4 is 4.90 Å². The van der Waals surface area contributed by atoms with Gasteiger partial charge in [0.1, 0.15) is 17.6 Å². The van der Waals surface area contributed by atoms with Crippen molar-refractivity contribution < 1.29 is 9.18 Å². The zero-order valence-electron chi connectivity index (χ0n) is 10.7. The number of benzene rings is 2. The summed E-state index contributed by atoms with van der Waals surface area (Å²) in [4.78, 5) is 13.7. The first-order chi connectivity index (χ1) is 9.66. The lowest BCUT2D eigenvalue weighted by Crippen LogP contribution is -2.25. The topological polar surface area (TPSA) is 44.2 Å². The summed E-state index contributed by atoms with van der Waals surface area (Å²) < 4.78 is 13.3. The van der Waals surface area contributed by atoms with Crippen molar-refractivity contribution in [1.82, 2.24) is 0 Å². The van der Waals surface area contributed by atoms with Crippen molar-refractivity contribution in [3.63, 3.8) is 0 Å². The van der Waals surface area contributed by atoms with Crippen LogP contribution in [-0.4, -0.2) is 18.2 Å². The second-order valence-corrected chi connectivity index (χ2v) is 4.76. The van der Waals surface area contributed by atoms with Gasteiger partial charge < -0.3 is 4.90 Å². The highest BCUT2D eigenvalue weighted by molar-refractivity contribution is 6.22. The third-order valence-corrected chi connectivity index (χ3v) is 3.45. The number of ketones is 1. The Morgan fingerprint density at radius 1 is 1.10 bits per heavy atom. The van der Waals surface area contributed by atoms with Gasteiger partial charge in [0.05, 0.1) is 6.54 Å². The molecule has 0 saturated carbocycles. The highest BCUT2D eigenvalue weighted by Crippen LogP contribution is 2.30. The molecular weight excluding hydrogens is 255 g/mol. The molecule has 1 fully saturated rings. The van der Waals surface area contributed by atoms with E-state index in [0.717, 1.165) is 5.56 Å². The SMILES string of the molecule is N=C1C(c2ccccc2)C(=O)CN1c1cccc(F)c1. The lowest BCUT2D eigenvalue weighted by atomic mass is 9.96. The number of Topliss-reactive ketones (excluding diaryl/α,β-unsaturated/α-hetero) is 1. The van der Waals surface area contributed by atoms with Crippen molar-refractivity contribution >= 4 is 17.3 Å². The Balaban J connectivity index is 1.95. The number of carbonyl (C=O) groups is 1. The maximum Gasteiger partial charge on any atom is 0.167 e. The number of halogens is 1. The van der Waals surface area contributed by atoms with Crippen LogP contribution >= 0.6 is 0 Å². The van der Waals surface area contributed by atoms with Gasteiger partial charge in [0.25, 0.3) is 0 Å². The fraction of sp³-hybridized carbons (Fsp3) is 0.125. The fourth-order valence-corrected chi connectivity index (χ4v) is 2.50. The largest absolute Gasteiger partial charge is 0.322 e. The molecule has 0 aliphatic carbocycles. The van der Waals surface area contributed by atoms with Gasteiger partial charge in [0, 0.05) is 5.69 Å². The number of hydrogen-bond donors (Lipinski definition) is 1. The molecule has 3 rings (SSSR count). The molecular formula is C16H13FN2O. The van der Waals surface area contributed by atoms with Crippen molar-refractivity contribution in [2.45, 2.75) is 5.92 Å². The molecule has 2 aromatic rings. The third-order valence-electron chi connectivity index (χ3n) is 3.45. The van der Waals surface area contributed by atoms with Crippen molar-refractivity contribution in [1.29, 1.82) is 5.41 Å². The Bertz CT molecular complexity index is 669. The van der Waals surface area contributed by atoms with E-state index in [1.165, 1.54) is 12.1 Å². The van der Waals surface area contributed by atoms with E-state index in [2.05, 4.69) is 0 Å². The molecule has 100 valence electrons. The lowest BCUT2D eigenvalue weighted by molar-refractivity contribution is -0.116. The van der Waals surface area contributed by atoms with E-state index >= 15 is 0 Å². The Kier molecular flexibility index (Phi) is 3.06. The molecule has 1 saturated heterocycles. The minimum absolute atomic E-state index is 0.0366. The third kappa shape index (κ3) is 2.09. The van der Waals surface area contributed by atoms with Gasteiger partial charge in [-0.3, -0.25) is 10.2 Å². The molecule has 0 aromatic heterocycles. The molecule has 1 unspecified atom stereocenters. The predicted octanol–water partition coefficient (Wildman–Crippen LogP) is 2.98. The number of rotatable bonds is 2. The van der Waals surface area contributed by atoms with Gasteiger partial charge in [-0.05, 0) is 23.8 Å². The monoisotopic (exact) mass is 268 g/mol. The Morgan fingerprint density at radius 3 is 2.55 bits per heavy atom. The van der Waals surface area contributed by atoms with E-state index < -0.39 is 5.92 Å². The maximum absolute atomic E-state index is 13.3. The van der Waals surface area contributed by atoms with Gasteiger partial charge in [-0.25, -0.2) is 4.39 Å². The maximum atomic E-state index is 13.3. The smallest absolute Gasteiger partial charge is 0.167 e. The van der Waals surface area contributed by atoms with Crippen LogP contribution in [0.2, 0.25) is 0 Å². The lowest BCUT2D eigenvalue weighted by Gasteiger charge is -2.18. The molecule has 0 amide bonds. The summed E-state index contributed by atoms with van der Waals surface area (Å²) in [6, 6.07) is 15.2. The first-order valence-corrected chi connectivity index (χ1v) is 6.36. The predicted molar refractivity (Wildman–Crippen MR) is 75.7 cm³/mol. The molecule has 1 heterocycles. The summed E-state index contributed by atoms with van der Waals surface area (Å²) >= 11 is 0. The number of nitrogens with one attached hydrogen (secondary N) is 1. The van der Waals surface area contributed by atoms with Crippen LogP contribution in [0, 0.1) is 11.2 Å². The van der Waals surface area contributed by atoms with Gasteiger partial charge in [0.2, 0.25) is 0 Å². The van der Waals surface area contributed by atoms with E-state index in [-0.39, 0.29) is 24.0 Å². The van der Waals surface area contributed by atoms with Gasteiger partial charge >= 0.3 is 0 Å².